The van der Waals surface area contributed by atoms with Crippen LogP contribution in [-0.4, -0.2) is 47.8 Å². The van der Waals surface area contributed by atoms with Crippen LogP contribution in [0, 0.1) is 0 Å². The van der Waals surface area contributed by atoms with E-state index in [1.165, 1.54) is 14.2 Å². The predicted octanol–water partition coefficient (Wildman–Crippen LogP) is 1.54. The summed E-state index contributed by atoms with van der Waals surface area (Å²) in [5.41, 5.74) is 0.232. The van der Waals surface area contributed by atoms with Crippen molar-refractivity contribution in [1.29, 1.82) is 0 Å². The van der Waals surface area contributed by atoms with E-state index >= 15 is 0 Å². The molecule has 2 amide bonds. The molecule has 0 aliphatic carbocycles. The number of hydroxylamine groups is 2. The number of hydrogen-bond acceptors (Lipinski definition) is 5. The fraction of sp³-hybridized carbons (Fsp3) is 0.533. The number of carbonyl (C=O) groups excluding carboxylic acids is 2. The normalized spacial score (nSPS) is 12.4. The van der Waals surface area contributed by atoms with E-state index < -0.39 is 17.7 Å². The molecule has 0 aliphatic heterocycles. The number of carbonyl (C=O) groups is 2. The van der Waals surface area contributed by atoms with E-state index in [2.05, 4.69) is 10.3 Å². The van der Waals surface area contributed by atoms with E-state index in [4.69, 9.17) is 9.57 Å². The molecule has 0 radical (unpaired) electrons. The number of aromatic nitrogens is 1. The maximum atomic E-state index is 12.3. The number of pyridine rings is 1. The van der Waals surface area contributed by atoms with Gasteiger partial charge >= 0.3 is 6.09 Å². The lowest BCUT2D eigenvalue weighted by atomic mass is 10.1. The Labute approximate surface area is 130 Å². The van der Waals surface area contributed by atoms with E-state index in [1.54, 1.807) is 45.3 Å². The fourth-order valence-electron chi connectivity index (χ4n) is 1.71. The van der Waals surface area contributed by atoms with Gasteiger partial charge in [0.2, 0.25) is 0 Å². The van der Waals surface area contributed by atoms with Gasteiger partial charge in [0.05, 0.1) is 7.11 Å². The van der Waals surface area contributed by atoms with Gasteiger partial charge in [0, 0.05) is 25.9 Å². The highest BCUT2D eigenvalue weighted by atomic mass is 16.7. The van der Waals surface area contributed by atoms with Gasteiger partial charge in [0.1, 0.15) is 11.6 Å². The van der Waals surface area contributed by atoms with Crippen molar-refractivity contribution >= 4 is 12.0 Å². The maximum Gasteiger partial charge on any atom is 0.408 e. The zero-order valence-electron chi connectivity index (χ0n) is 13.6. The van der Waals surface area contributed by atoms with Gasteiger partial charge < -0.3 is 10.1 Å². The lowest BCUT2D eigenvalue weighted by Crippen LogP contribution is -2.49. The van der Waals surface area contributed by atoms with Gasteiger partial charge in [-0.3, -0.25) is 14.6 Å². The Morgan fingerprint density at radius 3 is 2.41 bits per heavy atom. The van der Waals surface area contributed by atoms with Crippen LogP contribution in [0.3, 0.4) is 0 Å². The quantitative estimate of drug-likeness (QED) is 0.834. The number of hydrogen-bond donors (Lipinski definition) is 1. The molecule has 0 aliphatic rings. The average molecular weight is 309 g/mol. The van der Waals surface area contributed by atoms with Crippen molar-refractivity contribution in [1.82, 2.24) is 15.4 Å². The highest BCUT2D eigenvalue weighted by Gasteiger charge is 2.27. The summed E-state index contributed by atoms with van der Waals surface area (Å²) < 4.78 is 5.20. The Bertz CT molecular complexity index is 499. The summed E-state index contributed by atoms with van der Waals surface area (Å²) in [5.74, 6) is -0.370. The molecule has 0 saturated carbocycles. The summed E-state index contributed by atoms with van der Waals surface area (Å²) in [7, 11) is 2.87. The second-order valence-electron chi connectivity index (χ2n) is 5.78. The molecule has 0 unspecified atom stereocenters. The number of nitrogens with zero attached hydrogens (tertiary/aromatic N) is 2. The molecule has 1 rings (SSSR count). The number of likely N-dealkylation sites (N-methyl/N-ethyl adjacent to an activating group) is 1. The molecule has 0 fully saturated rings. The number of amides is 2. The van der Waals surface area contributed by atoms with Gasteiger partial charge in [-0.15, -0.1) is 0 Å². The van der Waals surface area contributed by atoms with E-state index in [0.29, 0.717) is 6.42 Å². The van der Waals surface area contributed by atoms with Crippen LogP contribution in [0.2, 0.25) is 0 Å². The average Bonchev–Trinajstić information content (AvgIpc) is 2.44. The van der Waals surface area contributed by atoms with Crippen LogP contribution in [0.15, 0.2) is 24.5 Å². The number of ether oxygens (including phenoxy) is 1. The van der Waals surface area contributed by atoms with Crippen molar-refractivity contribution in [2.45, 2.75) is 38.8 Å². The van der Waals surface area contributed by atoms with Crippen LogP contribution in [0.4, 0.5) is 4.79 Å². The molecule has 0 spiro atoms. The molecule has 1 N–H and O–H groups in total. The first-order valence-corrected chi connectivity index (χ1v) is 6.93. The van der Waals surface area contributed by atoms with Crippen molar-refractivity contribution in [3.63, 3.8) is 0 Å². The molecule has 22 heavy (non-hydrogen) atoms. The summed E-state index contributed by atoms with van der Waals surface area (Å²) in [6, 6.07) is 2.77. The molecular formula is C15H23N3O4. The molecule has 1 atom stereocenters. The molecule has 0 saturated heterocycles. The van der Waals surface area contributed by atoms with Gasteiger partial charge in [-0.25, -0.2) is 9.86 Å². The molecular weight excluding hydrogens is 286 g/mol. The summed E-state index contributed by atoms with van der Waals surface area (Å²) in [5, 5.41) is 3.66. The highest BCUT2D eigenvalue weighted by molar-refractivity contribution is 5.85. The summed E-state index contributed by atoms with van der Waals surface area (Å²) >= 11 is 0. The second-order valence-corrected chi connectivity index (χ2v) is 5.78. The third-order valence-corrected chi connectivity index (χ3v) is 2.76. The van der Waals surface area contributed by atoms with E-state index in [0.717, 1.165) is 10.6 Å². The third-order valence-electron chi connectivity index (χ3n) is 2.76. The smallest absolute Gasteiger partial charge is 0.408 e. The first-order chi connectivity index (χ1) is 10.2. The molecule has 0 bridgehead atoms. The minimum absolute atomic E-state index is 0.314. The minimum atomic E-state index is -0.790. The standard InChI is InChI=1S/C15H23N3O4/c1-15(2,3)22-14(20)17-12(13(19)18(4)21-5)10-11-6-8-16-9-7-11/h6-9,12H,10H2,1-5H3,(H,17,20)/t12-/m0/s1. The van der Waals surface area contributed by atoms with Gasteiger partial charge in [-0.2, -0.15) is 0 Å². The van der Waals surface area contributed by atoms with Crippen LogP contribution in [0.5, 0.6) is 0 Å². The zero-order chi connectivity index (χ0) is 16.8. The predicted molar refractivity (Wildman–Crippen MR) is 80.9 cm³/mol. The minimum Gasteiger partial charge on any atom is -0.444 e. The molecule has 7 nitrogen and oxygen atoms in total. The van der Waals surface area contributed by atoms with Crippen molar-refractivity contribution in [3.8, 4) is 0 Å². The van der Waals surface area contributed by atoms with Gasteiger partial charge in [0.15, 0.2) is 0 Å². The molecule has 7 heteroatoms. The Hall–Kier alpha value is -2.15. The third kappa shape index (κ3) is 6.09. The van der Waals surface area contributed by atoms with E-state index in [1.807, 2.05) is 0 Å². The van der Waals surface area contributed by atoms with Crippen molar-refractivity contribution in [2.75, 3.05) is 14.2 Å². The Balaban J connectivity index is 2.82. The van der Waals surface area contributed by atoms with E-state index in [-0.39, 0.29) is 5.91 Å². The monoisotopic (exact) mass is 309 g/mol. The Morgan fingerprint density at radius 1 is 1.32 bits per heavy atom. The van der Waals surface area contributed by atoms with Crippen molar-refractivity contribution < 1.29 is 19.2 Å². The van der Waals surface area contributed by atoms with Gasteiger partial charge in [-0.05, 0) is 38.5 Å². The molecule has 1 aromatic rings. The molecule has 122 valence electrons. The second kappa shape index (κ2) is 7.74. The SMILES string of the molecule is CON(C)C(=O)[C@H](Cc1ccncc1)NC(=O)OC(C)(C)C. The van der Waals surface area contributed by atoms with Crippen LogP contribution in [0.25, 0.3) is 0 Å². The molecule has 1 heterocycles. The molecule has 0 aromatic carbocycles. The first kappa shape index (κ1) is 17.9. The summed E-state index contributed by atoms with van der Waals surface area (Å²) in [6.07, 6.45) is 2.92. The Kier molecular flexibility index (Phi) is 6.30. The van der Waals surface area contributed by atoms with Crippen LogP contribution in [-0.2, 0) is 20.8 Å². The van der Waals surface area contributed by atoms with Gasteiger partial charge in [-0.1, -0.05) is 0 Å². The number of nitrogens with one attached hydrogen (secondary N) is 1. The maximum absolute atomic E-state index is 12.3. The van der Waals surface area contributed by atoms with Gasteiger partial charge in [0.25, 0.3) is 5.91 Å². The fourth-order valence-corrected chi connectivity index (χ4v) is 1.71. The number of alkyl carbamates (subject to hydrolysis) is 1. The van der Waals surface area contributed by atoms with Crippen molar-refractivity contribution in [3.05, 3.63) is 30.1 Å². The lowest BCUT2D eigenvalue weighted by molar-refractivity contribution is -0.171. The highest BCUT2D eigenvalue weighted by Crippen LogP contribution is 2.09. The lowest BCUT2D eigenvalue weighted by Gasteiger charge is -2.25. The van der Waals surface area contributed by atoms with Crippen LogP contribution < -0.4 is 5.32 Å². The number of rotatable bonds is 5. The topological polar surface area (TPSA) is 80.8 Å². The Morgan fingerprint density at radius 2 is 1.91 bits per heavy atom. The zero-order valence-corrected chi connectivity index (χ0v) is 13.6. The van der Waals surface area contributed by atoms with Crippen LogP contribution >= 0.6 is 0 Å². The first-order valence-electron chi connectivity index (χ1n) is 6.93. The van der Waals surface area contributed by atoms with E-state index in [9.17, 15) is 9.59 Å². The van der Waals surface area contributed by atoms with Crippen LogP contribution in [0.1, 0.15) is 26.3 Å². The van der Waals surface area contributed by atoms with Crippen molar-refractivity contribution in [2.24, 2.45) is 0 Å². The summed E-state index contributed by atoms with van der Waals surface area (Å²) in [6.45, 7) is 5.27. The molecule has 1 aromatic heterocycles. The largest absolute Gasteiger partial charge is 0.444 e. The summed E-state index contributed by atoms with van der Waals surface area (Å²) in [4.78, 5) is 33.0.